The van der Waals surface area contributed by atoms with Gasteiger partial charge in [-0.25, -0.2) is 0 Å². The molecule has 0 spiro atoms. The number of hydrogen-bond donors (Lipinski definition) is 1. The van der Waals surface area contributed by atoms with Crippen molar-refractivity contribution in [1.29, 1.82) is 0 Å². The molecule has 1 N–H and O–H groups in total. The Morgan fingerprint density at radius 2 is 1.91 bits per heavy atom. The molecular weight excluding hydrogens is 136 g/mol. The molecule has 0 heterocycles. The van der Waals surface area contributed by atoms with Crippen LogP contribution in [0.1, 0.15) is 51.9 Å². The molecule has 1 rings (SSSR count). The number of aliphatic hydroxyl groups excluding tert-OH is 1. The first-order chi connectivity index (χ1) is 5.33. The molecule has 1 heteroatoms. The minimum Gasteiger partial charge on any atom is -0.393 e. The summed E-state index contributed by atoms with van der Waals surface area (Å²) in [5, 5.41) is 9.52. The SMILES string of the molecule is CCC1CCCCCC(O)C1. The minimum atomic E-state index is 0.000231. The van der Waals surface area contributed by atoms with Crippen LogP contribution in [0.3, 0.4) is 0 Å². The first-order valence-corrected chi connectivity index (χ1v) is 5.01. The van der Waals surface area contributed by atoms with Gasteiger partial charge in [0.1, 0.15) is 0 Å². The van der Waals surface area contributed by atoms with Gasteiger partial charge in [0.25, 0.3) is 0 Å². The van der Waals surface area contributed by atoms with Gasteiger partial charge in [-0.1, -0.05) is 39.0 Å². The highest BCUT2D eigenvalue weighted by Gasteiger charge is 2.14. The molecule has 0 aromatic heterocycles. The molecule has 0 radical (unpaired) electrons. The second-order valence-corrected chi connectivity index (χ2v) is 3.80. The average molecular weight is 156 g/mol. The van der Waals surface area contributed by atoms with Crippen molar-refractivity contribution in [3.8, 4) is 0 Å². The van der Waals surface area contributed by atoms with E-state index in [-0.39, 0.29) is 6.10 Å². The van der Waals surface area contributed by atoms with Gasteiger partial charge in [0.05, 0.1) is 6.10 Å². The summed E-state index contributed by atoms with van der Waals surface area (Å²) in [5.74, 6) is 0.797. The van der Waals surface area contributed by atoms with Crippen LogP contribution in [0.5, 0.6) is 0 Å². The molecule has 0 amide bonds. The van der Waals surface area contributed by atoms with E-state index in [9.17, 15) is 5.11 Å². The molecule has 2 atom stereocenters. The van der Waals surface area contributed by atoms with Crippen LogP contribution >= 0.6 is 0 Å². The van der Waals surface area contributed by atoms with Crippen molar-refractivity contribution in [3.63, 3.8) is 0 Å². The molecule has 11 heavy (non-hydrogen) atoms. The standard InChI is InChI=1S/C10H20O/c1-2-9-6-4-3-5-7-10(11)8-9/h9-11H,2-8H2,1H3. The average Bonchev–Trinajstić information content (AvgIpc) is 1.96. The lowest BCUT2D eigenvalue weighted by molar-refractivity contribution is 0.117. The third-order valence-electron chi connectivity index (χ3n) is 2.83. The zero-order valence-corrected chi connectivity index (χ0v) is 7.55. The van der Waals surface area contributed by atoms with E-state index in [1.807, 2.05) is 0 Å². The number of hydrogen-bond acceptors (Lipinski definition) is 1. The maximum atomic E-state index is 9.52. The number of aliphatic hydroxyl groups is 1. The van der Waals surface area contributed by atoms with Crippen LogP contribution in [0, 0.1) is 5.92 Å². The maximum absolute atomic E-state index is 9.52. The Hall–Kier alpha value is -0.0400. The predicted octanol–water partition coefficient (Wildman–Crippen LogP) is 2.73. The van der Waals surface area contributed by atoms with Crippen molar-refractivity contribution in [2.75, 3.05) is 0 Å². The van der Waals surface area contributed by atoms with Crippen molar-refractivity contribution in [3.05, 3.63) is 0 Å². The summed E-state index contributed by atoms with van der Waals surface area (Å²) >= 11 is 0. The van der Waals surface area contributed by atoms with Gasteiger partial charge in [-0.15, -0.1) is 0 Å². The van der Waals surface area contributed by atoms with Crippen LogP contribution in [0.2, 0.25) is 0 Å². The third-order valence-corrected chi connectivity index (χ3v) is 2.83. The van der Waals surface area contributed by atoms with E-state index in [1.54, 1.807) is 0 Å². The number of rotatable bonds is 1. The van der Waals surface area contributed by atoms with E-state index < -0.39 is 0 Å². The Morgan fingerprint density at radius 3 is 2.64 bits per heavy atom. The lowest BCUT2D eigenvalue weighted by atomic mass is 9.88. The summed E-state index contributed by atoms with van der Waals surface area (Å²) < 4.78 is 0. The molecule has 1 fully saturated rings. The van der Waals surface area contributed by atoms with Crippen LogP contribution in [-0.4, -0.2) is 11.2 Å². The van der Waals surface area contributed by atoms with Crippen molar-refractivity contribution in [2.24, 2.45) is 5.92 Å². The smallest absolute Gasteiger partial charge is 0.0542 e. The summed E-state index contributed by atoms with van der Waals surface area (Å²) in [6.45, 7) is 2.24. The van der Waals surface area contributed by atoms with Gasteiger partial charge in [-0.3, -0.25) is 0 Å². The van der Waals surface area contributed by atoms with Crippen LogP contribution in [0.15, 0.2) is 0 Å². The van der Waals surface area contributed by atoms with Crippen molar-refractivity contribution in [2.45, 2.75) is 58.0 Å². The van der Waals surface area contributed by atoms with Gasteiger partial charge >= 0.3 is 0 Å². The molecule has 0 aliphatic heterocycles. The quantitative estimate of drug-likeness (QED) is 0.619. The van der Waals surface area contributed by atoms with Crippen LogP contribution < -0.4 is 0 Å². The second kappa shape index (κ2) is 4.76. The molecular formula is C10H20O. The summed E-state index contributed by atoms with van der Waals surface area (Å²) in [5.41, 5.74) is 0. The maximum Gasteiger partial charge on any atom is 0.0542 e. The first-order valence-electron chi connectivity index (χ1n) is 5.01. The summed E-state index contributed by atoms with van der Waals surface area (Å²) in [7, 11) is 0. The van der Waals surface area contributed by atoms with Crippen molar-refractivity contribution < 1.29 is 5.11 Å². The van der Waals surface area contributed by atoms with Gasteiger partial charge in [-0.05, 0) is 18.8 Å². The zero-order chi connectivity index (χ0) is 8.10. The third kappa shape index (κ3) is 3.24. The van der Waals surface area contributed by atoms with Gasteiger partial charge in [0.2, 0.25) is 0 Å². The van der Waals surface area contributed by atoms with Crippen LogP contribution in [0.25, 0.3) is 0 Å². The minimum absolute atomic E-state index is 0.000231. The highest BCUT2D eigenvalue weighted by Crippen LogP contribution is 2.24. The Morgan fingerprint density at radius 1 is 1.18 bits per heavy atom. The lowest BCUT2D eigenvalue weighted by Gasteiger charge is -2.21. The lowest BCUT2D eigenvalue weighted by Crippen LogP contribution is -2.15. The largest absolute Gasteiger partial charge is 0.393 e. The van der Waals surface area contributed by atoms with E-state index in [2.05, 4.69) is 6.92 Å². The summed E-state index contributed by atoms with van der Waals surface area (Å²) in [6.07, 6.45) is 8.62. The fourth-order valence-corrected chi connectivity index (χ4v) is 1.98. The van der Waals surface area contributed by atoms with Gasteiger partial charge in [0, 0.05) is 0 Å². The van der Waals surface area contributed by atoms with E-state index in [4.69, 9.17) is 0 Å². The Balaban J connectivity index is 2.29. The van der Waals surface area contributed by atoms with Crippen molar-refractivity contribution in [1.82, 2.24) is 0 Å². The molecule has 1 aliphatic carbocycles. The molecule has 0 aromatic rings. The van der Waals surface area contributed by atoms with Gasteiger partial charge in [-0.2, -0.15) is 0 Å². The normalized spacial score (nSPS) is 34.4. The topological polar surface area (TPSA) is 20.2 Å². The fourth-order valence-electron chi connectivity index (χ4n) is 1.98. The van der Waals surface area contributed by atoms with E-state index in [1.165, 1.54) is 32.1 Å². The van der Waals surface area contributed by atoms with E-state index >= 15 is 0 Å². The predicted molar refractivity (Wildman–Crippen MR) is 47.5 cm³/mol. The molecule has 1 nitrogen and oxygen atoms in total. The van der Waals surface area contributed by atoms with Crippen molar-refractivity contribution >= 4 is 0 Å². The fraction of sp³-hybridized carbons (Fsp3) is 1.00. The highest BCUT2D eigenvalue weighted by molar-refractivity contribution is 4.67. The Bertz CT molecular complexity index is 101. The molecule has 0 bridgehead atoms. The molecule has 0 aromatic carbocycles. The van der Waals surface area contributed by atoms with Gasteiger partial charge in [0.15, 0.2) is 0 Å². The molecule has 66 valence electrons. The van der Waals surface area contributed by atoms with Crippen LogP contribution in [-0.2, 0) is 0 Å². The Labute approximate surface area is 69.8 Å². The first kappa shape index (κ1) is 9.05. The molecule has 0 saturated heterocycles. The van der Waals surface area contributed by atoms with E-state index in [0.717, 1.165) is 18.8 Å². The zero-order valence-electron chi connectivity index (χ0n) is 7.55. The van der Waals surface area contributed by atoms with Gasteiger partial charge < -0.3 is 5.11 Å². The monoisotopic (exact) mass is 156 g/mol. The molecule has 1 saturated carbocycles. The Kier molecular flexibility index (Phi) is 3.92. The van der Waals surface area contributed by atoms with E-state index in [0.29, 0.717) is 0 Å². The summed E-state index contributed by atoms with van der Waals surface area (Å²) in [4.78, 5) is 0. The highest BCUT2D eigenvalue weighted by atomic mass is 16.3. The molecule has 2 unspecified atom stereocenters. The summed E-state index contributed by atoms with van der Waals surface area (Å²) in [6, 6.07) is 0. The second-order valence-electron chi connectivity index (χ2n) is 3.80. The van der Waals surface area contributed by atoms with Crippen LogP contribution in [0.4, 0.5) is 0 Å². The molecule has 1 aliphatic rings.